The van der Waals surface area contributed by atoms with Crippen LogP contribution < -0.4 is 11.9 Å². The van der Waals surface area contributed by atoms with E-state index in [0.717, 1.165) is 6.54 Å². The zero-order valence-corrected chi connectivity index (χ0v) is 14.0. The Balaban J connectivity index is -0.000000289. The van der Waals surface area contributed by atoms with Crippen LogP contribution >= 0.6 is 0 Å². The third kappa shape index (κ3) is 3.53. The number of carbonyl (C=O) groups excluding carboxylic acids is 1. The third-order valence-corrected chi connectivity index (χ3v) is 4.36. The van der Waals surface area contributed by atoms with E-state index in [-0.39, 0.29) is 44.4 Å². The molecule has 6 heteroatoms. The van der Waals surface area contributed by atoms with E-state index >= 15 is 0 Å². The maximum Gasteiger partial charge on any atom is 0.210 e. The summed E-state index contributed by atoms with van der Waals surface area (Å²) in [5.74, 6) is 1.32. The van der Waals surface area contributed by atoms with E-state index in [0.29, 0.717) is 17.3 Å². The van der Waals surface area contributed by atoms with Crippen LogP contribution in [0.5, 0.6) is 0 Å². The number of nitrogens with zero attached hydrogens (tertiary/aromatic N) is 1. The van der Waals surface area contributed by atoms with Gasteiger partial charge in [-0.05, 0) is 17.9 Å². The zero-order valence-electron chi connectivity index (χ0n) is 12.6. The minimum absolute atomic E-state index is 0. The molecule has 1 radical (unpaired) electrons. The molecule has 2 aliphatic rings. The number of piperidine rings is 1. The number of fused-ring (bicyclic) bond motifs is 1. The van der Waals surface area contributed by atoms with Gasteiger partial charge in [0.25, 0.3) is 0 Å². The Kier molecular flexibility index (Phi) is 6.87. The molecule has 1 amide bonds. The van der Waals surface area contributed by atoms with Crippen molar-refractivity contribution in [1.29, 1.82) is 0 Å². The van der Waals surface area contributed by atoms with Crippen molar-refractivity contribution < 1.29 is 31.7 Å². The molecule has 2 unspecified atom stereocenters. The molecule has 7 N–H and O–H groups in total. The molecule has 2 rings (SSSR count). The summed E-state index contributed by atoms with van der Waals surface area (Å²) in [6.07, 6.45) is 0. The summed E-state index contributed by atoms with van der Waals surface area (Å²) in [5.41, 5.74) is 6.24. The van der Waals surface area contributed by atoms with Crippen molar-refractivity contribution in [3.63, 3.8) is 0 Å². The van der Waals surface area contributed by atoms with Gasteiger partial charge >= 0.3 is 0 Å². The molecule has 0 bridgehead atoms. The Bertz CT molecular complexity index is 324. The van der Waals surface area contributed by atoms with Gasteiger partial charge in [0.2, 0.25) is 5.91 Å². The first-order chi connectivity index (χ1) is 7.15. The van der Waals surface area contributed by atoms with Crippen LogP contribution in [0.3, 0.4) is 0 Å². The van der Waals surface area contributed by atoms with Gasteiger partial charge in [-0.1, -0.05) is 40.0 Å². The van der Waals surface area contributed by atoms with Gasteiger partial charge in [0.15, 0.2) is 0 Å². The number of hydrogen-bond acceptors (Lipinski definition) is 3. The average Bonchev–Trinajstić information content (AvgIpc) is 2.57. The molecule has 1 aliphatic heterocycles. The van der Waals surface area contributed by atoms with Crippen molar-refractivity contribution in [2.75, 3.05) is 6.54 Å². The topological polar surface area (TPSA) is 113 Å². The largest absolute Gasteiger partial charge is 0.491 e. The molecule has 19 heavy (non-hydrogen) atoms. The molecule has 1 saturated heterocycles. The zero-order chi connectivity index (χ0) is 12.3. The van der Waals surface area contributed by atoms with Crippen LogP contribution in [0.1, 0.15) is 37.5 Å². The van der Waals surface area contributed by atoms with Crippen molar-refractivity contribution in [1.82, 2.24) is 11.1 Å². The molecular formula is C13H32N3O2V-. The predicted molar refractivity (Wildman–Crippen MR) is 77.1 cm³/mol. The van der Waals surface area contributed by atoms with Crippen molar-refractivity contribution in [2.24, 2.45) is 28.4 Å². The average molecular weight is 313 g/mol. The monoisotopic (exact) mass is 313 g/mol. The van der Waals surface area contributed by atoms with Gasteiger partial charge < -0.3 is 22.3 Å². The fourth-order valence-corrected chi connectivity index (χ4v) is 2.61. The molecule has 2 fully saturated rings. The summed E-state index contributed by atoms with van der Waals surface area (Å²) in [7, 11) is 0. The first-order valence-corrected chi connectivity index (χ1v) is 6.07. The van der Waals surface area contributed by atoms with E-state index in [2.05, 4.69) is 20.4 Å². The molecule has 1 saturated carbocycles. The Morgan fingerprint density at radius 3 is 2.26 bits per heavy atom. The smallest absolute Gasteiger partial charge is 0.210 e. The second-order valence-corrected chi connectivity index (χ2v) is 6.94. The van der Waals surface area contributed by atoms with Gasteiger partial charge in [-0.25, -0.2) is 6.54 Å². The number of rotatable bonds is 1. The van der Waals surface area contributed by atoms with E-state index < -0.39 is 6.04 Å². The number of hydrogen-bond donors (Lipinski definition) is 2. The standard InChI is InChI=1S/C13H23N2O.H3N.H2O.V.2H2/c1-12(2,3)10(14)11(16)15-6-8-9(7-15)13(8,4)5;;;;;/h6,8-10H,7,14H2,1-5H3;1H3;1H2;;2*1H/q-1;;;;;/t8?,9?,10-;;;;;/m1...../s1. The van der Waals surface area contributed by atoms with Crippen molar-refractivity contribution in [3.05, 3.63) is 6.54 Å². The van der Waals surface area contributed by atoms with Gasteiger partial charge in [-0.2, -0.15) is 0 Å². The molecule has 0 aromatic rings. The number of nitrogens with two attached hydrogens (primary N) is 1. The van der Waals surface area contributed by atoms with E-state index in [1.165, 1.54) is 0 Å². The van der Waals surface area contributed by atoms with Crippen molar-refractivity contribution >= 4 is 5.91 Å². The first-order valence-electron chi connectivity index (χ1n) is 6.07. The number of likely N-dealkylation sites (tertiary alicyclic amines) is 1. The fraction of sp³-hybridized carbons (Fsp3) is 0.846. The summed E-state index contributed by atoms with van der Waals surface area (Å²) < 4.78 is 0. The summed E-state index contributed by atoms with van der Waals surface area (Å²) >= 11 is 0. The minimum Gasteiger partial charge on any atom is -0.491 e. The van der Waals surface area contributed by atoms with Crippen LogP contribution in [0, 0.1) is 29.2 Å². The molecule has 3 atom stereocenters. The maximum absolute atomic E-state index is 12.1. The summed E-state index contributed by atoms with van der Waals surface area (Å²) in [6, 6.07) is -0.399. The van der Waals surface area contributed by atoms with Crippen molar-refractivity contribution in [2.45, 2.75) is 40.7 Å². The van der Waals surface area contributed by atoms with Crippen molar-refractivity contribution in [3.8, 4) is 0 Å². The second kappa shape index (κ2) is 6.14. The van der Waals surface area contributed by atoms with Crippen LogP contribution in [0.4, 0.5) is 0 Å². The van der Waals surface area contributed by atoms with E-state index in [4.69, 9.17) is 5.73 Å². The van der Waals surface area contributed by atoms with Crippen LogP contribution in [0.2, 0.25) is 0 Å². The predicted octanol–water partition coefficient (Wildman–Crippen LogP) is 1.46. The van der Waals surface area contributed by atoms with Crippen LogP contribution in [-0.4, -0.2) is 28.9 Å². The van der Waals surface area contributed by atoms with Crippen LogP contribution in [0.15, 0.2) is 0 Å². The second-order valence-electron chi connectivity index (χ2n) is 6.94. The van der Waals surface area contributed by atoms with Gasteiger partial charge in [0.05, 0.1) is 6.04 Å². The molecule has 117 valence electrons. The fourth-order valence-electron chi connectivity index (χ4n) is 2.61. The summed E-state index contributed by atoms with van der Waals surface area (Å²) in [6.45, 7) is 13.5. The Morgan fingerprint density at radius 1 is 1.47 bits per heavy atom. The van der Waals surface area contributed by atoms with Gasteiger partial charge in [0.1, 0.15) is 0 Å². The molecule has 0 spiro atoms. The molecule has 0 aromatic heterocycles. The number of amides is 1. The van der Waals surface area contributed by atoms with E-state index in [9.17, 15) is 4.79 Å². The van der Waals surface area contributed by atoms with Crippen LogP contribution in [-0.2, 0) is 23.4 Å². The minimum atomic E-state index is -0.399. The number of carbonyl (C=O) groups is 1. The normalized spacial score (nSPS) is 28.2. The van der Waals surface area contributed by atoms with Crippen LogP contribution in [0.25, 0.3) is 0 Å². The third-order valence-electron chi connectivity index (χ3n) is 4.36. The molecule has 1 aliphatic carbocycles. The van der Waals surface area contributed by atoms with Gasteiger partial charge in [-0.15, -0.1) is 5.92 Å². The maximum atomic E-state index is 12.1. The molecule has 0 aromatic carbocycles. The van der Waals surface area contributed by atoms with Gasteiger partial charge in [0, 0.05) is 21.4 Å². The Hall–Kier alpha value is -0.0656. The van der Waals surface area contributed by atoms with Gasteiger partial charge in [-0.3, -0.25) is 4.79 Å². The SMILES string of the molecule is CC1(C)C2[CH-]N(C(=O)[C@@H](N)C(C)(C)C)CC21.N.O.[HH].[HH].[V]. The molecular weight excluding hydrogens is 281 g/mol. The Labute approximate surface area is 131 Å². The van der Waals surface area contributed by atoms with E-state index in [1.807, 2.05) is 25.7 Å². The molecule has 5 nitrogen and oxygen atoms in total. The Morgan fingerprint density at radius 2 is 1.95 bits per heavy atom. The first kappa shape index (κ1) is 21.2. The molecule has 1 heterocycles. The summed E-state index contributed by atoms with van der Waals surface area (Å²) in [4.78, 5) is 14.0. The summed E-state index contributed by atoms with van der Waals surface area (Å²) in [5, 5.41) is 0. The van der Waals surface area contributed by atoms with E-state index in [1.54, 1.807) is 0 Å². The quantitative estimate of drug-likeness (QED) is 0.714.